The molecule has 102 valence electrons. The van der Waals surface area contributed by atoms with E-state index >= 15 is 0 Å². The summed E-state index contributed by atoms with van der Waals surface area (Å²) in [6, 6.07) is 18.9. The van der Waals surface area contributed by atoms with Crippen LogP contribution in [0.25, 0.3) is 11.1 Å². The fourth-order valence-corrected chi connectivity index (χ4v) is 3.28. The molecule has 1 heteroatoms. The molecule has 0 N–H and O–H groups in total. The molecular weight excluding hydrogens is 244 g/mol. The fraction of sp³-hybridized carbons (Fsp3) is 0.316. The van der Waals surface area contributed by atoms with Crippen LogP contribution in [-0.2, 0) is 10.2 Å². The highest BCUT2D eigenvalue weighted by Gasteiger charge is 2.33. The second kappa shape index (κ2) is 5.62. The topological polar surface area (TPSA) is 17.1 Å². The quantitative estimate of drug-likeness (QED) is 0.731. The molecule has 1 nitrogen and oxygen atoms in total. The minimum atomic E-state index is -0.229. The molecule has 0 spiro atoms. The highest BCUT2D eigenvalue weighted by Crippen LogP contribution is 2.38. The summed E-state index contributed by atoms with van der Waals surface area (Å²) in [5, 5.41) is 0. The maximum absolute atomic E-state index is 11.6. The molecule has 0 aromatic heterocycles. The van der Waals surface area contributed by atoms with Crippen molar-refractivity contribution in [1.82, 2.24) is 0 Å². The van der Waals surface area contributed by atoms with Crippen molar-refractivity contribution >= 4 is 6.29 Å². The summed E-state index contributed by atoms with van der Waals surface area (Å²) in [4.78, 5) is 11.6. The Balaban J connectivity index is 1.91. The van der Waals surface area contributed by atoms with Crippen LogP contribution in [0, 0.1) is 0 Å². The Morgan fingerprint density at radius 3 is 1.95 bits per heavy atom. The molecule has 0 amide bonds. The van der Waals surface area contributed by atoms with E-state index in [1.54, 1.807) is 0 Å². The van der Waals surface area contributed by atoms with Gasteiger partial charge >= 0.3 is 0 Å². The molecule has 0 aliphatic heterocycles. The van der Waals surface area contributed by atoms with Gasteiger partial charge in [-0.1, -0.05) is 73.9 Å². The molecule has 1 aliphatic rings. The van der Waals surface area contributed by atoms with Crippen molar-refractivity contribution in [2.24, 2.45) is 0 Å². The van der Waals surface area contributed by atoms with Gasteiger partial charge in [0, 0.05) is 0 Å². The number of hydrogen-bond donors (Lipinski definition) is 0. The normalized spacial score (nSPS) is 17.6. The van der Waals surface area contributed by atoms with E-state index in [-0.39, 0.29) is 5.41 Å². The Morgan fingerprint density at radius 2 is 1.35 bits per heavy atom. The lowest BCUT2D eigenvalue weighted by atomic mass is 9.70. The van der Waals surface area contributed by atoms with Gasteiger partial charge in [-0.25, -0.2) is 0 Å². The van der Waals surface area contributed by atoms with Gasteiger partial charge in [-0.05, 0) is 29.5 Å². The molecule has 1 saturated carbocycles. The summed E-state index contributed by atoms with van der Waals surface area (Å²) in [6.07, 6.45) is 6.78. The molecule has 0 saturated heterocycles. The zero-order valence-electron chi connectivity index (χ0n) is 11.7. The average molecular weight is 264 g/mol. The molecule has 0 atom stereocenters. The van der Waals surface area contributed by atoms with Crippen LogP contribution in [0.15, 0.2) is 54.6 Å². The van der Waals surface area contributed by atoms with Crippen molar-refractivity contribution < 1.29 is 4.79 Å². The molecule has 0 bridgehead atoms. The monoisotopic (exact) mass is 264 g/mol. The highest BCUT2D eigenvalue weighted by atomic mass is 16.1. The van der Waals surface area contributed by atoms with Gasteiger partial charge in [-0.3, -0.25) is 0 Å². The van der Waals surface area contributed by atoms with E-state index < -0.39 is 0 Å². The fourth-order valence-electron chi connectivity index (χ4n) is 3.28. The van der Waals surface area contributed by atoms with Gasteiger partial charge in [-0.2, -0.15) is 0 Å². The number of carbonyl (C=O) groups excluding carboxylic acids is 1. The van der Waals surface area contributed by atoms with Crippen LogP contribution in [0.2, 0.25) is 0 Å². The second-order valence-electron chi connectivity index (χ2n) is 5.78. The zero-order chi connectivity index (χ0) is 13.8. The van der Waals surface area contributed by atoms with E-state index in [1.807, 2.05) is 6.07 Å². The Labute approximate surface area is 120 Å². The van der Waals surface area contributed by atoms with Crippen LogP contribution in [0.5, 0.6) is 0 Å². The van der Waals surface area contributed by atoms with E-state index in [0.29, 0.717) is 0 Å². The number of rotatable bonds is 3. The molecule has 0 heterocycles. The summed E-state index contributed by atoms with van der Waals surface area (Å²) < 4.78 is 0. The summed E-state index contributed by atoms with van der Waals surface area (Å²) >= 11 is 0. The van der Waals surface area contributed by atoms with E-state index in [2.05, 4.69) is 48.5 Å². The smallest absolute Gasteiger partial charge is 0.130 e. The van der Waals surface area contributed by atoms with Crippen LogP contribution < -0.4 is 0 Å². The molecule has 3 rings (SSSR count). The Hall–Kier alpha value is -1.89. The summed E-state index contributed by atoms with van der Waals surface area (Å²) in [5.74, 6) is 0. The zero-order valence-corrected chi connectivity index (χ0v) is 11.7. The maximum atomic E-state index is 11.6. The predicted octanol–water partition coefficient (Wildman–Crippen LogP) is 4.75. The van der Waals surface area contributed by atoms with Gasteiger partial charge in [-0.15, -0.1) is 0 Å². The van der Waals surface area contributed by atoms with E-state index in [9.17, 15) is 4.79 Å². The van der Waals surface area contributed by atoms with Gasteiger partial charge in [0.25, 0.3) is 0 Å². The number of benzene rings is 2. The third-order valence-electron chi connectivity index (χ3n) is 4.54. The molecule has 0 unspecified atom stereocenters. The summed E-state index contributed by atoms with van der Waals surface area (Å²) in [6.45, 7) is 0. The highest BCUT2D eigenvalue weighted by molar-refractivity contribution is 5.71. The van der Waals surface area contributed by atoms with Gasteiger partial charge in [0.2, 0.25) is 0 Å². The Bertz CT molecular complexity index is 562. The maximum Gasteiger partial charge on any atom is 0.130 e. The molecule has 1 fully saturated rings. The van der Waals surface area contributed by atoms with Gasteiger partial charge in [0.1, 0.15) is 6.29 Å². The summed E-state index contributed by atoms with van der Waals surface area (Å²) in [5.41, 5.74) is 3.40. The number of hydrogen-bond acceptors (Lipinski definition) is 1. The lowest BCUT2D eigenvalue weighted by molar-refractivity contribution is -0.113. The van der Waals surface area contributed by atoms with E-state index in [0.717, 1.165) is 12.8 Å². The molecule has 2 aromatic carbocycles. The standard InChI is InChI=1S/C19H20O/c20-15-19(13-5-2-6-14-19)18-11-9-17(10-12-18)16-7-3-1-4-8-16/h1,3-4,7-12,15H,2,5-6,13-14H2. The first-order valence-electron chi connectivity index (χ1n) is 7.46. The van der Waals surface area contributed by atoms with Crippen LogP contribution in [-0.4, -0.2) is 6.29 Å². The van der Waals surface area contributed by atoms with Crippen molar-refractivity contribution in [3.05, 3.63) is 60.2 Å². The number of carbonyl (C=O) groups is 1. The molecule has 2 aromatic rings. The minimum Gasteiger partial charge on any atom is -0.302 e. The lowest BCUT2D eigenvalue weighted by Gasteiger charge is -2.32. The largest absolute Gasteiger partial charge is 0.302 e. The number of aldehydes is 1. The van der Waals surface area contributed by atoms with Crippen molar-refractivity contribution in [3.63, 3.8) is 0 Å². The van der Waals surface area contributed by atoms with E-state index in [4.69, 9.17) is 0 Å². The predicted molar refractivity (Wildman–Crippen MR) is 82.7 cm³/mol. The lowest BCUT2D eigenvalue weighted by Crippen LogP contribution is -2.30. The Kier molecular flexibility index (Phi) is 3.68. The molecule has 20 heavy (non-hydrogen) atoms. The summed E-state index contributed by atoms with van der Waals surface area (Å²) in [7, 11) is 0. The van der Waals surface area contributed by atoms with Crippen molar-refractivity contribution in [3.8, 4) is 11.1 Å². The first-order valence-corrected chi connectivity index (χ1v) is 7.46. The van der Waals surface area contributed by atoms with Crippen molar-refractivity contribution in [1.29, 1.82) is 0 Å². The Morgan fingerprint density at radius 1 is 0.750 bits per heavy atom. The second-order valence-corrected chi connectivity index (χ2v) is 5.78. The third-order valence-corrected chi connectivity index (χ3v) is 4.54. The van der Waals surface area contributed by atoms with Gasteiger partial charge in [0.15, 0.2) is 0 Å². The van der Waals surface area contributed by atoms with Crippen molar-refractivity contribution in [2.45, 2.75) is 37.5 Å². The first kappa shape index (κ1) is 13.1. The first-order chi connectivity index (χ1) is 9.84. The van der Waals surface area contributed by atoms with Crippen LogP contribution in [0.1, 0.15) is 37.7 Å². The van der Waals surface area contributed by atoms with Crippen LogP contribution in [0.4, 0.5) is 0 Å². The van der Waals surface area contributed by atoms with Crippen LogP contribution >= 0.6 is 0 Å². The van der Waals surface area contributed by atoms with Crippen LogP contribution in [0.3, 0.4) is 0 Å². The third kappa shape index (κ3) is 2.40. The SMILES string of the molecule is O=CC1(c2ccc(-c3ccccc3)cc2)CCCCC1. The van der Waals surface area contributed by atoms with Gasteiger partial charge in [0.05, 0.1) is 5.41 Å². The van der Waals surface area contributed by atoms with Gasteiger partial charge < -0.3 is 4.79 Å². The molecule has 0 radical (unpaired) electrons. The minimum absolute atomic E-state index is 0.229. The molecule has 1 aliphatic carbocycles. The molecular formula is C19H20O. The van der Waals surface area contributed by atoms with Crippen molar-refractivity contribution in [2.75, 3.05) is 0 Å². The van der Waals surface area contributed by atoms with E-state index in [1.165, 1.54) is 42.2 Å². The average Bonchev–Trinajstić information content (AvgIpc) is 2.56.